The monoisotopic (exact) mass is 460 g/mol. The Kier molecular flexibility index (Phi) is 5.86. The zero-order valence-corrected chi connectivity index (χ0v) is 19.4. The van der Waals surface area contributed by atoms with Crippen molar-refractivity contribution < 1.29 is 23.1 Å². The zero-order chi connectivity index (χ0) is 24.9. The number of halogens is 3. The molecule has 0 saturated heterocycles. The van der Waals surface area contributed by atoms with E-state index >= 15 is 0 Å². The SMILES string of the molecule is CC(C)(C)c1cc(C(C)(C)C)c(NC(=O)c2c[nH]c3ccc(C(F)(F)F)cc3c2=O)cc1O. The van der Waals surface area contributed by atoms with Gasteiger partial charge in [0.1, 0.15) is 11.3 Å². The summed E-state index contributed by atoms with van der Waals surface area (Å²) in [5.74, 6) is -0.794. The van der Waals surface area contributed by atoms with E-state index in [9.17, 15) is 27.9 Å². The van der Waals surface area contributed by atoms with Crippen molar-refractivity contribution in [2.75, 3.05) is 5.32 Å². The summed E-state index contributed by atoms with van der Waals surface area (Å²) in [6.45, 7) is 11.7. The highest BCUT2D eigenvalue weighted by Crippen LogP contribution is 2.39. The third-order valence-electron chi connectivity index (χ3n) is 5.45. The smallest absolute Gasteiger partial charge is 0.416 e. The Morgan fingerprint density at radius 3 is 2.09 bits per heavy atom. The molecule has 0 aliphatic carbocycles. The van der Waals surface area contributed by atoms with E-state index in [4.69, 9.17) is 0 Å². The van der Waals surface area contributed by atoms with Crippen molar-refractivity contribution >= 4 is 22.5 Å². The van der Waals surface area contributed by atoms with E-state index in [-0.39, 0.29) is 27.6 Å². The number of fused-ring (bicyclic) bond motifs is 1. The average molecular weight is 460 g/mol. The Hall–Kier alpha value is -3.29. The van der Waals surface area contributed by atoms with Crippen molar-refractivity contribution in [1.29, 1.82) is 0 Å². The van der Waals surface area contributed by atoms with E-state index in [0.717, 1.165) is 23.8 Å². The standard InChI is InChI=1S/C25H27F3N2O3/c1-23(2,3)16-10-17(24(4,5)6)20(31)11-19(16)30-22(33)15-12-29-18-8-7-13(25(26,27)28)9-14(18)21(15)32/h7-12,31H,1-6H3,(H,29,32)(H,30,33). The lowest BCUT2D eigenvalue weighted by atomic mass is 9.79. The first kappa shape index (κ1) is 24.4. The molecule has 176 valence electrons. The number of phenolic OH excluding ortho intramolecular Hbond substituents is 1. The van der Waals surface area contributed by atoms with Crippen molar-refractivity contribution in [1.82, 2.24) is 4.98 Å². The predicted molar refractivity (Wildman–Crippen MR) is 123 cm³/mol. The Morgan fingerprint density at radius 2 is 1.55 bits per heavy atom. The number of H-pyrrole nitrogens is 1. The van der Waals surface area contributed by atoms with Gasteiger partial charge >= 0.3 is 6.18 Å². The van der Waals surface area contributed by atoms with Gasteiger partial charge in [-0.2, -0.15) is 13.2 Å². The summed E-state index contributed by atoms with van der Waals surface area (Å²) in [5.41, 5.74) is -0.930. The van der Waals surface area contributed by atoms with Crippen molar-refractivity contribution in [2.24, 2.45) is 0 Å². The zero-order valence-electron chi connectivity index (χ0n) is 19.4. The molecule has 0 radical (unpaired) electrons. The number of benzene rings is 2. The number of carbonyl (C=O) groups excluding carboxylic acids is 1. The lowest BCUT2D eigenvalue weighted by Gasteiger charge is -2.28. The molecule has 1 heterocycles. The van der Waals surface area contributed by atoms with Crippen LogP contribution in [0, 0.1) is 0 Å². The summed E-state index contributed by atoms with van der Waals surface area (Å²) in [6, 6.07) is 6.02. The third-order valence-corrected chi connectivity index (χ3v) is 5.45. The number of aromatic amines is 1. The van der Waals surface area contributed by atoms with Crippen molar-refractivity contribution in [3.05, 3.63) is 69.0 Å². The van der Waals surface area contributed by atoms with E-state index in [1.165, 1.54) is 12.3 Å². The first-order valence-corrected chi connectivity index (χ1v) is 10.4. The van der Waals surface area contributed by atoms with Crippen LogP contribution in [0.4, 0.5) is 18.9 Å². The lowest BCUT2D eigenvalue weighted by Crippen LogP contribution is -2.25. The van der Waals surface area contributed by atoms with Crippen LogP contribution in [0.2, 0.25) is 0 Å². The van der Waals surface area contributed by atoms with E-state index in [1.807, 2.05) is 47.6 Å². The number of hydrogen-bond donors (Lipinski definition) is 3. The molecule has 0 unspecified atom stereocenters. The van der Waals surface area contributed by atoms with E-state index in [2.05, 4.69) is 10.3 Å². The molecule has 0 spiro atoms. The van der Waals surface area contributed by atoms with Crippen LogP contribution in [-0.2, 0) is 17.0 Å². The quantitative estimate of drug-likeness (QED) is 0.432. The van der Waals surface area contributed by atoms with Crippen LogP contribution in [0.1, 0.15) is 68.6 Å². The Morgan fingerprint density at radius 1 is 0.939 bits per heavy atom. The first-order valence-electron chi connectivity index (χ1n) is 10.4. The number of aromatic nitrogens is 1. The molecule has 1 amide bonds. The molecular formula is C25H27F3N2O3. The second-order valence-electron chi connectivity index (χ2n) is 10.2. The fourth-order valence-corrected chi connectivity index (χ4v) is 3.67. The van der Waals surface area contributed by atoms with E-state index < -0.39 is 28.5 Å². The maximum Gasteiger partial charge on any atom is 0.416 e. The van der Waals surface area contributed by atoms with Gasteiger partial charge in [-0.25, -0.2) is 0 Å². The summed E-state index contributed by atoms with van der Waals surface area (Å²) < 4.78 is 39.3. The molecule has 0 aliphatic rings. The van der Waals surface area contributed by atoms with Gasteiger partial charge in [-0.3, -0.25) is 9.59 Å². The second-order valence-corrected chi connectivity index (χ2v) is 10.2. The van der Waals surface area contributed by atoms with Gasteiger partial charge in [0.2, 0.25) is 5.43 Å². The average Bonchev–Trinajstić information content (AvgIpc) is 2.65. The Labute approximate surface area is 189 Å². The topological polar surface area (TPSA) is 82.2 Å². The van der Waals surface area contributed by atoms with Gasteiger partial charge in [-0.05, 0) is 46.2 Å². The number of anilines is 1. The summed E-state index contributed by atoms with van der Waals surface area (Å²) in [7, 11) is 0. The molecule has 0 saturated carbocycles. The highest BCUT2D eigenvalue weighted by Gasteiger charge is 2.31. The van der Waals surface area contributed by atoms with Crippen molar-refractivity contribution in [3.8, 4) is 5.75 Å². The third kappa shape index (κ3) is 4.89. The van der Waals surface area contributed by atoms with Gasteiger partial charge in [0.05, 0.1) is 5.56 Å². The van der Waals surface area contributed by atoms with Gasteiger partial charge in [0.25, 0.3) is 5.91 Å². The number of amides is 1. The van der Waals surface area contributed by atoms with Gasteiger partial charge < -0.3 is 15.4 Å². The minimum absolute atomic E-state index is 0.00644. The molecule has 0 fully saturated rings. The van der Waals surface area contributed by atoms with E-state index in [0.29, 0.717) is 11.3 Å². The summed E-state index contributed by atoms with van der Waals surface area (Å²) in [5, 5.41) is 13.0. The summed E-state index contributed by atoms with van der Waals surface area (Å²) in [6.07, 6.45) is -3.44. The van der Waals surface area contributed by atoms with Gasteiger partial charge in [0.15, 0.2) is 0 Å². The van der Waals surface area contributed by atoms with Crippen LogP contribution in [0.15, 0.2) is 41.3 Å². The number of hydrogen-bond acceptors (Lipinski definition) is 3. The van der Waals surface area contributed by atoms with E-state index in [1.54, 1.807) is 0 Å². The minimum atomic E-state index is -4.62. The fraction of sp³-hybridized carbons (Fsp3) is 0.360. The maximum absolute atomic E-state index is 13.1. The number of alkyl halides is 3. The summed E-state index contributed by atoms with van der Waals surface area (Å²) >= 11 is 0. The first-order chi connectivity index (χ1) is 15.0. The van der Waals surface area contributed by atoms with Gasteiger partial charge in [0, 0.05) is 28.9 Å². The van der Waals surface area contributed by atoms with Crippen LogP contribution >= 0.6 is 0 Å². The molecule has 0 aliphatic heterocycles. The molecule has 33 heavy (non-hydrogen) atoms. The number of aromatic hydroxyl groups is 1. The second kappa shape index (κ2) is 7.93. The van der Waals surface area contributed by atoms with Crippen molar-refractivity contribution in [3.63, 3.8) is 0 Å². The molecule has 0 bridgehead atoms. The number of nitrogens with one attached hydrogen (secondary N) is 2. The molecule has 5 nitrogen and oxygen atoms in total. The minimum Gasteiger partial charge on any atom is -0.508 e. The van der Waals surface area contributed by atoms with Gasteiger partial charge in [-0.15, -0.1) is 0 Å². The molecule has 2 aromatic carbocycles. The van der Waals surface area contributed by atoms with Crippen LogP contribution < -0.4 is 10.7 Å². The maximum atomic E-state index is 13.1. The Bertz CT molecular complexity index is 1290. The van der Waals surface area contributed by atoms with Crippen molar-refractivity contribution in [2.45, 2.75) is 58.5 Å². The van der Waals surface area contributed by atoms with Crippen LogP contribution in [0.3, 0.4) is 0 Å². The number of pyridine rings is 1. The largest absolute Gasteiger partial charge is 0.508 e. The lowest BCUT2D eigenvalue weighted by molar-refractivity contribution is -0.137. The van der Waals surface area contributed by atoms with Crippen LogP contribution in [0.25, 0.3) is 10.9 Å². The number of phenols is 1. The molecule has 0 atom stereocenters. The molecule has 8 heteroatoms. The molecule has 3 aromatic rings. The number of rotatable bonds is 2. The van der Waals surface area contributed by atoms with Crippen LogP contribution in [-0.4, -0.2) is 16.0 Å². The van der Waals surface area contributed by atoms with Crippen LogP contribution in [0.5, 0.6) is 5.75 Å². The molecule has 1 aromatic heterocycles. The Balaban J connectivity index is 2.10. The highest BCUT2D eigenvalue weighted by molar-refractivity contribution is 6.06. The number of carbonyl (C=O) groups is 1. The molecule has 3 rings (SSSR count). The molecule has 3 N–H and O–H groups in total. The highest BCUT2D eigenvalue weighted by atomic mass is 19.4. The van der Waals surface area contributed by atoms with Gasteiger partial charge in [-0.1, -0.05) is 41.5 Å². The normalized spacial score (nSPS) is 12.8. The molecular weight excluding hydrogens is 433 g/mol. The predicted octanol–water partition coefficient (Wildman–Crippen LogP) is 6.10. The fourth-order valence-electron chi connectivity index (χ4n) is 3.67. The summed E-state index contributed by atoms with van der Waals surface area (Å²) in [4.78, 5) is 28.6.